The molecule has 0 radical (unpaired) electrons. The molecule has 2 rings (SSSR count). The zero-order valence-corrected chi connectivity index (χ0v) is 7.18. The molecular formula is C10H12O3. The summed E-state index contributed by atoms with van der Waals surface area (Å²) in [5.41, 5.74) is 0. The molecule has 0 amide bonds. The van der Waals surface area contributed by atoms with E-state index < -0.39 is 11.9 Å². The van der Waals surface area contributed by atoms with E-state index in [-0.39, 0.29) is 23.5 Å². The second kappa shape index (κ2) is 2.62. The highest BCUT2D eigenvalue weighted by Gasteiger charge is 2.49. The first-order chi connectivity index (χ1) is 6.11. The maximum atomic E-state index is 10.9. The number of aliphatic hydroxyl groups excluding tert-OH is 1. The van der Waals surface area contributed by atoms with Crippen LogP contribution in [-0.2, 0) is 4.79 Å². The Morgan fingerprint density at radius 1 is 1.23 bits per heavy atom. The predicted molar refractivity (Wildman–Crippen MR) is 47.1 cm³/mol. The van der Waals surface area contributed by atoms with E-state index in [1.54, 1.807) is 0 Å². The van der Waals surface area contributed by atoms with Crippen LogP contribution in [0.1, 0.15) is 6.42 Å². The largest absolute Gasteiger partial charge is 0.513 e. The minimum absolute atomic E-state index is 0.0178. The molecule has 0 saturated heterocycles. The third-order valence-electron chi connectivity index (χ3n) is 3.13. The van der Waals surface area contributed by atoms with Crippen LogP contribution in [0.4, 0.5) is 0 Å². The number of aliphatic carboxylic acids is 1. The van der Waals surface area contributed by atoms with E-state index in [9.17, 15) is 9.90 Å². The van der Waals surface area contributed by atoms with E-state index >= 15 is 0 Å². The number of hydrogen-bond acceptors (Lipinski definition) is 2. The molecule has 3 nitrogen and oxygen atoms in total. The van der Waals surface area contributed by atoms with Gasteiger partial charge in [-0.1, -0.05) is 18.7 Å². The Morgan fingerprint density at radius 3 is 2.15 bits per heavy atom. The van der Waals surface area contributed by atoms with Crippen molar-refractivity contribution >= 4 is 5.97 Å². The van der Waals surface area contributed by atoms with Crippen LogP contribution >= 0.6 is 0 Å². The smallest absolute Gasteiger partial charge is 0.307 e. The van der Waals surface area contributed by atoms with Gasteiger partial charge in [0.2, 0.25) is 0 Å². The number of rotatable bonds is 2. The molecule has 0 aliphatic heterocycles. The molecule has 13 heavy (non-hydrogen) atoms. The molecule has 2 bridgehead atoms. The summed E-state index contributed by atoms with van der Waals surface area (Å²) in [6.07, 6.45) is 4.79. The second-order valence-electron chi connectivity index (χ2n) is 3.83. The lowest BCUT2D eigenvalue weighted by Crippen LogP contribution is -2.28. The van der Waals surface area contributed by atoms with Gasteiger partial charge in [0.1, 0.15) is 0 Å². The van der Waals surface area contributed by atoms with Crippen molar-refractivity contribution in [3.8, 4) is 0 Å². The van der Waals surface area contributed by atoms with Crippen LogP contribution in [0.3, 0.4) is 0 Å². The summed E-state index contributed by atoms with van der Waals surface area (Å²) in [5, 5.41) is 18.3. The fraction of sp³-hybridized carbons (Fsp3) is 0.500. The zero-order valence-electron chi connectivity index (χ0n) is 7.18. The first-order valence-corrected chi connectivity index (χ1v) is 4.40. The molecule has 2 aliphatic carbocycles. The first-order valence-electron chi connectivity index (χ1n) is 4.40. The van der Waals surface area contributed by atoms with Gasteiger partial charge in [-0.05, 0) is 18.3 Å². The average Bonchev–Trinajstić information content (AvgIpc) is 2.60. The number of aliphatic hydroxyl groups is 1. The minimum atomic E-state index is -0.822. The number of carboxylic acid groups (broad SMARTS) is 1. The molecule has 0 spiro atoms. The van der Waals surface area contributed by atoms with Gasteiger partial charge in [-0.2, -0.15) is 0 Å². The number of carbonyl (C=O) groups is 1. The Kier molecular flexibility index (Phi) is 1.68. The highest BCUT2D eigenvalue weighted by atomic mass is 16.4. The lowest BCUT2D eigenvalue weighted by molar-refractivity contribution is -0.144. The summed E-state index contributed by atoms with van der Waals surface area (Å²) < 4.78 is 0. The van der Waals surface area contributed by atoms with Crippen molar-refractivity contribution in [2.24, 2.45) is 23.7 Å². The summed E-state index contributed by atoms with van der Waals surface area (Å²) in [6, 6.07) is 0. The van der Waals surface area contributed by atoms with Gasteiger partial charge < -0.3 is 10.2 Å². The normalized spacial score (nSPS) is 40.9. The van der Waals surface area contributed by atoms with Crippen LogP contribution in [0.5, 0.6) is 0 Å². The molecule has 3 heteroatoms. The van der Waals surface area contributed by atoms with E-state index in [2.05, 4.69) is 6.58 Å². The lowest BCUT2D eigenvalue weighted by atomic mass is 9.82. The first kappa shape index (κ1) is 8.35. The van der Waals surface area contributed by atoms with Crippen molar-refractivity contribution in [1.82, 2.24) is 0 Å². The van der Waals surface area contributed by atoms with Crippen molar-refractivity contribution in [2.45, 2.75) is 6.42 Å². The van der Waals surface area contributed by atoms with Gasteiger partial charge in [-0.25, -0.2) is 0 Å². The van der Waals surface area contributed by atoms with Crippen molar-refractivity contribution in [1.29, 1.82) is 0 Å². The van der Waals surface area contributed by atoms with E-state index in [4.69, 9.17) is 5.11 Å². The molecule has 2 N–H and O–H groups in total. The van der Waals surface area contributed by atoms with Gasteiger partial charge in [0.05, 0.1) is 11.7 Å². The zero-order chi connectivity index (χ0) is 9.59. The van der Waals surface area contributed by atoms with Crippen LogP contribution in [-0.4, -0.2) is 16.2 Å². The van der Waals surface area contributed by atoms with Crippen LogP contribution < -0.4 is 0 Å². The molecular weight excluding hydrogens is 168 g/mol. The van der Waals surface area contributed by atoms with Crippen molar-refractivity contribution in [3.63, 3.8) is 0 Å². The third-order valence-corrected chi connectivity index (χ3v) is 3.13. The van der Waals surface area contributed by atoms with Gasteiger partial charge in [0.25, 0.3) is 0 Å². The molecule has 1 saturated carbocycles. The van der Waals surface area contributed by atoms with Crippen molar-refractivity contribution in [2.75, 3.05) is 0 Å². The molecule has 4 atom stereocenters. The minimum Gasteiger partial charge on any atom is -0.513 e. The summed E-state index contributed by atoms with van der Waals surface area (Å²) >= 11 is 0. The van der Waals surface area contributed by atoms with Gasteiger partial charge in [-0.15, -0.1) is 0 Å². The van der Waals surface area contributed by atoms with Crippen LogP contribution in [0.15, 0.2) is 24.5 Å². The number of allylic oxidation sites excluding steroid dienone is 3. The molecule has 2 aliphatic rings. The second-order valence-corrected chi connectivity index (χ2v) is 3.83. The Hall–Kier alpha value is -1.25. The Labute approximate surface area is 76.4 Å². The Balaban J connectivity index is 2.30. The standard InChI is InChI=1S/C10H12O3/c1-5(11)8-6-2-3-7(4-6)9(8)10(12)13/h2-3,6-9,11H,1,4H2,(H,12,13)/t6-,7+,8-,9+/m0/s1. The summed E-state index contributed by atoms with van der Waals surface area (Å²) in [5.74, 6) is -1.26. The van der Waals surface area contributed by atoms with E-state index in [1.165, 1.54) is 0 Å². The summed E-state index contributed by atoms with van der Waals surface area (Å²) in [4.78, 5) is 10.9. The fourth-order valence-electron chi connectivity index (χ4n) is 2.61. The SMILES string of the molecule is C=C(O)[C@@H]1[C@H](C(=O)O)[C@@H]2C=C[C@H]1C2. The summed E-state index contributed by atoms with van der Waals surface area (Å²) in [6.45, 7) is 3.45. The monoisotopic (exact) mass is 180 g/mol. The molecule has 1 fully saturated rings. The Bertz CT molecular complexity index is 265. The van der Waals surface area contributed by atoms with E-state index in [0.717, 1.165) is 6.42 Å². The molecule has 0 heterocycles. The Morgan fingerprint density at radius 2 is 1.77 bits per heavy atom. The van der Waals surface area contributed by atoms with E-state index in [1.807, 2.05) is 12.2 Å². The average molecular weight is 180 g/mol. The molecule has 0 unspecified atom stereocenters. The maximum Gasteiger partial charge on any atom is 0.307 e. The third kappa shape index (κ3) is 1.07. The quantitative estimate of drug-likeness (QED) is 0.501. The van der Waals surface area contributed by atoms with Gasteiger partial charge in [-0.3, -0.25) is 4.79 Å². The highest BCUT2D eigenvalue weighted by Crippen LogP contribution is 2.50. The number of fused-ring (bicyclic) bond motifs is 2. The topological polar surface area (TPSA) is 57.5 Å². The maximum absolute atomic E-state index is 10.9. The number of hydrogen-bond donors (Lipinski definition) is 2. The lowest BCUT2D eigenvalue weighted by Gasteiger charge is -2.23. The van der Waals surface area contributed by atoms with E-state index in [0.29, 0.717) is 0 Å². The predicted octanol–water partition coefficient (Wildman–Crippen LogP) is 1.58. The molecule has 0 aromatic rings. The molecule has 0 aromatic carbocycles. The van der Waals surface area contributed by atoms with Crippen molar-refractivity contribution < 1.29 is 15.0 Å². The van der Waals surface area contributed by atoms with Crippen LogP contribution in [0, 0.1) is 23.7 Å². The molecule has 0 aromatic heterocycles. The molecule has 70 valence electrons. The van der Waals surface area contributed by atoms with Crippen LogP contribution in [0.2, 0.25) is 0 Å². The fourth-order valence-corrected chi connectivity index (χ4v) is 2.61. The summed E-state index contributed by atoms with van der Waals surface area (Å²) in [7, 11) is 0. The highest BCUT2D eigenvalue weighted by molar-refractivity contribution is 5.72. The van der Waals surface area contributed by atoms with Gasteiger partial charge in [0, 0.05) is 5.92 Å². The van der Waals surface area contributed by atoms with Gasteiger partial charge >= 0.3 is 5.97 Å². The number of carboxylic acids is 1. The van der Waals surface area contributed by atoms with Gasteiger partial charge in [0.15, 0.2) is 0 Å². The van der Waals surface area contributed by atoms with Crippen LogP contribution in [0.25, 0.3) is 0 Å². The van der Waals surface area contributed by atoms with Crippen molar-refractivity contribution in [3.05, 3.63) is 24.5 Å².